The molecule has 1 amide bonds. The molecule has 1 N–H and O–H groups in total. The summed E-state index contributed by atoms with van der Waals surface area (Å²) >= 11 is 0. The second kappa shape index (κ2) is 7.08. The molecule has 4 aromatic rings. The van der Waals surface area contributed by atoms with Crippen molar-refractivity contribution in [1.29, 1.82) is 0 Å². The Kier molecular flexibility index (Phi) is 4.25. The van der Waals surface area contributed by atoms with E-state index in [9.17, 15) is 9.59 Å². The smallest absolute Gasteiger partial charge is 0.255 e. The molecule has 0 fully saturated rings. The zero-order valence-corrected chi connectivity index (χ0v) is 16.1. The Bertz CT molecular complexity index is 1290. The van der Waals surface area contributed by atoms with Crippen LogP contribution in [0.3, 0.4) is 0 Å². The second-order valence-electron chi connectivity index (χ2n) is 6.98. The van der Waals surface area contributed by atoms with Gasteiger partial charge in [-0.05, 0) is 43.3 Å². The number of carbonyl (C=O) groups excluding carboxylic acids is 2. The number of ketones is 1. The summed E-state index contributed by atoms with van der Waals surface area (Å²) in [5, 5.41) is 3.65. The molecule has 0 aliphatic carbocycles. The number of nitrogens with one attached hydrogen (secondary N) is 1. The fourth-order valence-corrected chi connectivity index (χ4v) is 3.48. The molecule has 1 aromatic heterocycles. The summed E-state index contributed by atoms with van der Waals surface area (Å²) in [4.78, 5) is 25.4. The van der Waals surface area contributed by atoms with Gasteiger partial charge < -0.3 is 19.2 Å². The van der Waals surface area contributed by atoms with Crippen LogP contribution in [-0.2, 0) is 0 Å². The van der Waals surface area contributed by atoms with E-state index in [1.54, 1.807) is 48.5 Å². The number of fused-ring (bicyclic) bond motifs is 2. The number of furan rings is 1. The van der Waals surface area contributed by atoms with Crippen LogP contribution >= 0.6 is 0 Å². The molecule has 6 nitrogen and oxygen atoms in total. The minimum absolute atomic E-state index is 0.154. The molecule has 1 aliphatic heterocycles. The fraction of sp³-hybridized carbons (Fsp3) is 0.0833. The molecule has 6 heteroatoms. The monoisotopic (exact) mass is 399 g/mol. The predicted octanol–water partition coefficient (Wildman–Crippen LogP) is 4.95. The lowest BCUT2D eigenvalue weighted by Crippen LogP contribution is -2.11. The zero-order chi connectivity index (χ0) is 20.7. The molecule has 5 rings (SSSR count). The average Bonchev–Trinajstić information content (AvgIpc) is 3.38. The summed E-state index contributed by atoms with van der Waals surface area (Å²) in [5.41, 5.74) is 2.96. The summed E-state index contributed by atoms with van der Waals surface area (Å²) < 4.78 is 16.4. The number of hydrogen-bond acceptors (Lipinski definition) is 5. The second-order valence-corrected chi connectivity index (χ2v) is 6.98. The Morgan fingerprint density at radius 2 is 1.67 bits per heavy atom. The van der Waals surface area contributed by atoms with Crippen LogP contribution in [0.5, 0.6) is 11.5 Å². The Morgan fingerprint density at radius 3 is 2.50 bits per heavy atom. The molecule has 30 heavy (non-hydrogen) atoms. The SMILES string of the molecule is Cc1c(C(=O)c2ccccc2)oc2ccc(NC(=O)c3ccc4c(c3)OCO4)cc12. The summed E-state index contributed by atoms with van der Waals surface area (Å²) in [6.07, 6.45) is 0. The van der Waals surface area contributed by atoms with Gasteiger partial charge in [0.2, 0.25) is 12.6 Å². The van der Waals surface area contributed by atoms with Crippen molar-refractivity contribution in [3.63, 3.8) is 0 Å². The third-order valence-electron chi connectivity index (χ3n) is 5.07. The van der Waals surface area contributed by atoms with E-state index in [-0.39, 0.29) is 18.5 Å². The summed E-state index contributed by atoms with van der Waals surface area (Å²) in [5.74, 6) is 1.03. The van der Waals surface area contributed by atoms with E-state index < -0.39 is 0 Å². The fourth-order valence-electron chi connectivity index (χ4n) is 3.48. The van der Waals surface area contributed by atoms with Crippen molar-refractivity contribution in [3.05, 3.63) is 89.2 Å². The van der Waals surface area contributed by atoms with E-state index in [4.69, 9.17) is 13.9 Å². The summed E-state index contributed by atoms with van der Waals surface area (Å²) in [6.45, 7) is 1.99. The normalized spacial score (nSPS) is 12.2. The molecule has 0 atom stereocenters. The molecule has 0 saturated carbocycles. The number of aryl methyl sites for hydroxylation is 1. The number of amides is 1. The number of anilines is 1. The topological polar surface area (TPSA) is 77.8 Å². The lowest BCUT2D eigenvalue weighted by Gasteiger charge is -2.06. The minimum Gasteiger partial charge on any atom is -0.454 e. The van der Waals surface area contributed by atoms with Gasteiger partial charge in [0.15, 0.2) is 17.3 Å². The summed E-state index contributed by atoms with van der Waals surface area (Å²) in [7, 11) is 0. The molecule has 0 radical (unpaired) electrons. The highest BCUT2D eigenvalue weighted by molar-refractivity contribution is 6.11. The van der Waals surface area contributed by atoms with Crippen molar-refractivity contribution in [2.45, 2.75) is 6.92 Å². The molecule has 1 aliphatic rings. The first-order valence-electron chi connectivity index (χ1n) is 9.44. The van der Waals surface area contributed by atoms with Crippen LogP contribution in [0.2, 0.25) is 0 Å². The van der Waals surface area contributed by atoms with Gasteiger partial charge in [-0.2, -0.15) is 0 Å². The quantitative estimate of drug-likeness (QED) is 0.491. The molecule has 2 heterocycles. The van der Waals surface area contributed by atoms with E-state index in [2.05, 4.69) is 5.32 Å². The average molecular weight is 399 g/mol. The van der Waals surface area contributed by atoms with Gasteiger partial charge in [0, 0.05) is 27.8 Å². The van der Waals surface area contributed by atoms with Gasteiger partial charge in [0.25, 0.3) is 5.91 Å². The Balaban J connectivity index is 1.43. The molecular weight excluding hydrogens is 382 g/mol. The number of hydrogen-bond donors (Lipinski definition) is 1. The van der Waals surface area contributed by atoms with Gasteiger partial charge in [-0.25, -0.2) is 0 Å². The van der Waals surface area contributed by atoms with Crippen LogP contribution in [0.15, 0.2) is 71.1 Å². The van der Waals surface area contributed by atoms with E-state index in [1.165, 1.54) is 0 Å². The van der Waals surface area contributed by atoms with Crippen molar-refractivity contribution in [1.82, 2.24) is 0 Å². The molecule has 0 saturated heterocycles. The van der Waals surface area contributed by atoms with Gasteiger partial charge >= 0.3 is 0 Å². The number of benzene rings is 3. The van der Waals surface area contributed by atoms with E-state index >= 15 is 0 Å². The lowest BCUT2D eigenvalue weighted by molar-refractivity contribution is 0.101. The molecule has 0 bridgehead atoms. The Hall–Kier alpha value is -4.06. The summed E-state index contributed by atoms with van der Waals surface area (Å²) in [6, 6.07) is 19.3. The van der Waals surface area contributed by atoms with Crippen molar-refractivity contribution < 1.29 is 23.5 Å². The maximum Gasteiger partial charge on any atom is 0.255 e. The molecule has 3 aromatic carbocycles. The van der Waals surface area contributed by atoms with Gasteiger partial charge in [0.1, 0.15) is 5.58 Å². The van der Waals surface area contributed by atoms with E-state index in [0.717, 1.165) is 10.9 Å². The van der Waals surface area contributed by atoms with Crippen molar-refractivity contribution in [2.24, 2.45) is 0 Å². The molecule has 0 unspecified atom stereocenters. The zero-order valence-electron chi connectivity index (χ0n) is 16.1. The first-order chi connectivity index (χ1) is 14.6. The number of carbonyl (C=O) groups is 2. The standard InChI is InChI=1S/C24H17NO5/c1-14-18-12-17(25-24(27)16-7-9-20-21(11-16)29-13-28-20)8-10-19(18)30-23(14)22(26)15-5-3-2-4-6-15/h2-12H,13H2,1H3,(H,25,27). The van der Waals surface area contributed by atoms with Crippen molar-refractivity contribution >= 4 is 28.3 Å². The number of ether oxygens (including phenoxy) is 2. The Morgan fingerprint density at radius 1 is 0.867 bits per heavy atom. The molecular formula is C24H17NO5. The van der Waals surface area contributed by atoms with Gasteiger partial charge in [-0.15, -0.1) is 0 Å². The van der Waals surface area contributed by atoms with E-state index in [1.807, 2.05) is 25.1 Å². The molecule has 0 spiro atoms. The van der Waals surface area contributed by atoms with Crippen LogP contribution in [0.4, 0.5) is 5.69 Å². The highest BCUT2D eigenvalue weighted by atomic mass is 16.7. The number of rotatable bonds is 4. The van der Waals surface area contributed by atoms with Gasteiger partial charge in [-0.1, -0.05) is 30.3 Å². The highest BCUT2D eigenvalue weighted by Crippen LogP contribution is 2.33. The van der Waals surface area contributed by atoms with Crippen LogP contribution < -0.4 is 14.8 Å². The first kappa shape index (κ1) is 18.0. The third-order valence-corrected chi connectivity index (χ3v) is 5.07. The van der Waals surface area contributed by atoms with Crippen molar-refractivity contribution in [2.75, 3.05) is 12.1 Å². The minimum atomic E-state index is -0.269. The largest absolute Gasteiger partial charge is 0.454 e. The van der Waals surface area contributed by atoms with Gasteiger partial charge in [-0.3, -0.25) is 9.59 Å². The van der Waals surface area contributed by atoms with Crippen LogP contribution in [0, 0.1) is 6.92 Å². The van der Waals surface area contributed by atoms with E-state index in [0.29, 0.717) is 39.7 Å². The molecule has 148 valence electrons. The Labute approximate surface area is 172 Å². The lowest BCUT2D eigenvalue weighted by atomic mass is 10.0. The van der Waals surface area contributed by atoms with Crippen molar-refractivity contribution in [3.8, 4) is 11.5 Å². The third kappa shape index (κ3) is 3.08. The first-order valence-corrected chi connectivity index (χ1v) is 9.44. The van der Waals surface area contributed by atoms with Crippen LogP contribution in [-0.4, -0.2) is 18.5 Å². The van der Waals surface area contributed by atoms with Gasteiger partial charge in [0.05, 0.1) is 0 Å². The maximum atomic E-state index is 12.8. The highest BCUT2D eigenvalue weighted by Gasteiger charge is 2.20. The van der Waals surface area contributed by atoms with Crippen LogP contribution in [0.1, 0.15) is 32.0 Å². The maximum absolute atomic E-state index is 12.8. The van der Waals surface area contributed by atoms with Crippen LogP contribution in [0.25, 0.3) is 11.0 Å². The predicted molar refractivity (Wildman–Crippen MR) is 111 cm³/mol.